The third kappa shape index (κ3) is 3.78. The molecule has 6 heteroatoms. The quantitative estimate of drug-likeness (QED) is 0.844. The second kappa shape index (κ2) is 6.67. The van der Waals surface area contributed by atoms with Gasteiger partial charge in [-0.3, -0.25) is 9.59 Å². The van der Waals surface area contributed by atoms with Crippen molar-refractivity contribution in [1.29, 1.82) is 0 Å². The highest BCUT2D eigenvalue weighted by Crippen LogP contribution is 2.33. The van der Waals surface area contributed by atoms with Gasteiger partial charge in [-0.2, -0.15) is 5.10 Å². The maximum Gasteiger partial charge on any atom is 0.325 e. The van der Waals surface area contributed by atoms with Gasteiger partial charge in [-0.1, -0.05) is 13.0 Å². The molecule has 0 bridgehead atoms. The molecule has 0 aromatic carbocycles. The number of hydrogen-bond acceptors (Lipinski definition) is 4. The summed E-state index contributed by atoms with van der Waals surface area (Å²) in [6.45, 7) is 2.65. The van der Waals surface area contributed by atoms with Gasteiger partial charge in [-0.25, -0.2) is 4.68 Å². The summed E-state index contributed by atoms with van der Waals surface area (Å²) < 4.78 is 1.01. The van der Waals surface area contributed by atoms with Crippen molar-refractivity contribution in [3.05, 3.63) is 34.3 Å². The van der Waals surface area contributed by atoms with Crippen LogP contribution in [-0.4, -0.2) is 34.4 Å². The van der Waals surface area contributed by atoms with Gasteiger partial charge in [0, 0.05) is 12.6 Å². The molecule has 0 fully saturated rings. The van der Waals surface area contributed by atoms with Crippen LogP contribution >= 0.6 is 0 Å². The van der Waals surface area contributed by atoms with E-state index in [4.69, 9.17) is 5.11 Å². The molecule has 2 rings (SSSR count). The zero-order valence-corrected chi connectivity index (χ0v) is 12.4. The first-order valence-corrected chi connectivity index (χ1v) is 7.16. The average Bonchev–Trinajstić information content (AvgIpc) is 2.42. The Morgan fingerprint density at radius 2 is 2.29 bits per heavy atom. The molecule has 2 N–H and O–H groups in total. The van der Waals surface area contributed by atoms with Crippen molar-refractivity contribution >= 4 is 11.5 Å². The number of hydrogen-bond donors (Lipinski definition) is 2. The molecule has 1 aromatic rings. The van der Waals surface area contributed by atoms with Crippen molar-refractivity contribution in [2.75, 3.05) is 13.6 Å². The van der Waals surface area contributed by atoms with Gasteiger partial charge in [-0.05, 0) is 43.4 Å². The van der Waals surface area contributed by atoms with Gasteiger partial charge < -0.3 is 10.4 Å². The topological polar surface area (TPSA) is 84.2 Å². The number of allylic oxidation sites excluding steroid dienone is 1. The molecule has 21 heavy (non-hydrogen) atoms. The van der Waals surface area contributed by atoms with Gasteiger partial charge in [0.1, 0.15) is 6.54 Å². The predicted octanol–water partition coefficient (Wildman–Crippen LogP) is 0.977. The van der Waals surface area contributed by atoms with Crippen LogP contribution in [0.4, 0.5) is 0 Å². The van der Waals surface area contributed by atoms with Crippen molar-refractivity contribution in [2.24, 2.45) is 11.8 Å². The first-order valence-electron chi connectivity index (χ1n) is 7.16. The smallest absolute Gasteiger partial charge is 0.325 e. The fourth-order valence-corrected chi connectivity index (χ4v) is 2.80. The van der Waals surface area contributed by atoms with Crippen LogP contribution in [0.15, 0.2) is 23.0 Å². The SMILES string of the molecule is CNCC1CC(C)CC=C1c1ccc(=O)n(CC(=O)O)n1. The molecule has 0 saturated heterocycles. The van der Waals surface area contributed by atoms with Crippen molar-refractivity contribution in [3.8, 4) is 0 Å². The lowest BCUT2D eigenvalue weighted by Crippen LogP contribution is -2.29. The lowest BCUT2D eigenvalue weighted by molar-refractivity contribution is -0.138. The largest absolute Gasteiger partial charge is 0.480 e. The fraction of sp³-hybridized carbons (Fsp3) is 0.533. The summed E-state index contributed by atoms with van der Waals surface area (Å²) in [5.74, 6) is -0.112. The lowest BCUT2D eigenvalue weighted by Gasteiger charge is -2.27. The minimum atomic E-state index is -1.07. The number of aromatic nitrogens is 2. The van der Waals surface area contributed by atoms with E-state index < -0.39 is 18.1 Å². The third-order valence-electron chi connectivity index (χ3n) is 3.76. The zero-order valence-electron chi connectivity index (χ0n) is 12.4. The summed E-state index contributed by atoms with van der Waals surface area (Å²) in [6.07, 6.45) is 4.20. The summed E-state index contributed by atoms with van der Waals surface area (Å²) in [7, 11) is 1.91. The van der Waals surface area contributed by atoms with Gasteiger partial charge in [0.05, 0.1) is 5.69 Å². The van der Waals surface area contributed by atoms with E-state index >= 15 is 0 Å². The Bertz CT molecular complexity index is 606. The van der Waals surface area contributed by atoms with Crippen LogP contribution in [0.5, 0.6) is 0 Å². The summed E-state index contributed by atoms with van der Waals surface area (Å²) in [5.41, 5.74) is 1.40. The number of carboxylic acid groups (broad SMARTS) is 1. The van der Waals surface area contributed by atoms with Crippen LogP contribution in [0.2, 0.25) is 0 Å². The molecule has 0 saturated carbocycles. The second-order valence-electron chi connectivity index (χ2n) is 5.60. The Balaban J connectivity index is 2.35. The molecule has 0 aliphatic heterocycles. The number of carboxylic acids is 1. The highest BCUT2D eigenvalue weighted by molar-refractivity contribution is 5.67. The number of nitrogens with one attached hydrogen (secondary N) is 1. The van der Waals surface area contributed by atoms with E-state index in [0.29, 0.717) is 17.5 Å². The highest BCUT2D eigenvalue weighted by Gasteiger charge is 2.23. The molecule has 1 aliphatic carbocycles. The number of aliphatic carboxylic acids is 1. The predicted molar refractivity (Wildman–Crippen MR) is 79.9 cm³/mol. The normalized spacial score (nSPS) is 21.9. The van der Waals surface area contributed by atoms with Crippen LogP contribution in [-0.2, 0) is 11.3 Å². The van der Waals surface area contributed by atoms with Crippen LogP contribution in [0.1, 0.15) is 25.5 Å². The summed E-state index contributed by atoms with van der Waals surface area (Å²) in [5, 5.41) is 16.2. The van der Waals surface area contributed by atoms with Gasteiger partial charge in [0.2, 0.25) is 0 Å². The van der Waals surface area contributed by atoms with Crippen LogP contribution in [0.25, 0.3) is 5.57 Å². The molecular formula is C15H21N3O3. The Labute approximate surface area is 123 Å². The number of carbonyl (C=O) groups is 1. The standard InChI is InChI=1S/C15H21N3O3/c1-10-3-4-12(11(7-10)8-16-2)13-5-6-14(19)18(17-13)9-15(20)21/h4-6,10-11,16H,3,7-9H2,1-2H3,(H,20,21). The van der Waals surface area contributed by atoms with E-state index in [9.17, 15) is 9.59 Å². The summed E-state index contributed by atoms with van der Waals surface area (Å²) in [4.78, 5) is 22.4. The van der Waals surface area contributed by atoms with Gasteiger partial charge >= 0.3 is 5.97 Å². The van der Waals surface area contributed by atoms with Crippen LogP contribution in [0.3, 0.4) is 0 Å². The van der Waals surface area contributed by atoms with Crippen LogP contribution in [0, 0.1) is 11.8 Å². The molecule has 1 heterocycles. The fourth-order valence-electron chi connectivity index (χ4n) is 2.80. The van der Waals surface area contributed by atoms with Crippen molar-refractivity contribution in [3.63, 3.8) is 0 Å². The summed E-state index contributed by atoms with van der Waals surface area (Å²) >= 11 is 0. The zero-order chi connectivity index (χ0) is 15.4. The van der Waals surface area contributed by atoms with E-state index in [-0.39, 0.29) is 0 Å². The van der Waals surface area contributed by atoms with Crippen molar-refractivity contribution in [2.45, 2.75) is 26.3 Å². The maximum absolute atomic E-state index is 11.7. The van der Waals surface area contributed by atoms with E-state index in [0.717, 1.165) is 29.6 Å². The molecule has 1 aliphatic rings. The Morgan fingerprint density at radius 3 is 2.95 bits per heavy atom. The third-order valence-corrected chi connectivity index (χ3v) is 3.76. The van der Waals surface area contributed by atoms with Gasteiger partial charge in [0.25, 0.3) is 5.56 Å². The van der Waals surface area contributed by atoms with Crippen LogP contribution < -0.4 is 10.9 Å². The molecule has 2 atom stereocenters. The first kappa shape index (κ1) is 15.4. The number of rotatable bonds is 5. The van der Waals surface area contributed by atoms with E-state index in [1.807, 2.05) is 7.05 Å². The Kier molecular flexibility index (Phi) is 4.90. The first-order chi connectivity index (χ1) is 10.0. The van der Waals surface area contributed by atoms with E-state index in [2.05, 4.69) is 23.4 Å². The van der Waals surface area contributed by atoms with Gasteiger partial charge in [0.15, 0.2) is 0 Å². The molecule has 1 aromatic heterocycles. The molecule has 114 valence electrons. The average molecular weight is 291 g/mol. The minimum Gasteiger partial charge on any atom is -0.480 e. The van der Waals surface area contributed by atoms with E-state index in [1.165, 1.54) is 6.07 Å². The van der Waals surface area contributed by atoms with Gasteiger partial charge in [-0.15, -0.1) is 0 Å². The Morgan fingerprint density at radius 1 is 1.52 bits per heavy atom. The maximum atomic E-state index is 11.7. The minimum absolute atomic E-state index is 0.335. The molecular weight excluding hydrogens is 270 g/mol. The second-order valence-corrected chi connectivity index (χ2v) is 5.60. The Hall–Kier alpha value is -1.95. The monoisotopic (exact) mass is 291 g/mol. The molecule has 2 unspecified atom stereocenters. The highest BCUT2D eigenvalue weighted by atomic mass is 16.4. The van der Waals surface area contributed by atoms with Crippen molar-refractivity contribution < 1.29 is 9.90 Å². The van der Waals surface area contributed by atoms with Crippen molar-refractivity contribution in [1.82, 2.24) is 15.1 Å². The molecule has 0 radical (unpaired) electrons. The molecule has 6 nitrogen and oxygen atoms in total. The molecule has 0 amide bonds. The lowest BCUT2D eigenvalue weighted by atomic mass is 9.80. The molecule has 0 spiro atoms. The van der Waals surface area contributed by atoms with E-state index in [1.54, 1.807) is 6.07 Å². The number of nitrogens with zero attached hydrogens (tertiary/aromatic N) is 2. The summed E-state index contributed by atoms with van der Waals surface area (Å²) in [6, 6.07) is 3.08.